The first-order valence-electron chi connectivity index (χ1n) is 11.5. The first-order valence-corrected chi connectivity index (χ1v) is 13.2. The summed E-state index contributed by atoms with van der Waals surface area (Å²) in [6.07, 6.45) is 0. The maximum absolute atomic E-state index is 14.2. The first kappa shape index (κ1) is 21.6. The summed E-state index contributed by atoms with van der Waals surface area (Å²) in [5.74, 6) is 1.10. The van der Waals surface area contributed by atoms with Gasteiger partial charge in [0.1, 0.15) is 20.7 Å². The summed E-state index contributed by atoms with van der Waals surface area (Å²) in [5, 5.41) is 6.35. The summed E-state index contributed by atoms with van der Waals surface area (Å²) in [7, 11) is 6.00. The van der Waals surface area contributed by atoms with Gasteiger partial charge in [0.05, 0.1) is 50.0 Å². The zero-order valence-electron chi connectivity index (χ0n) is 20.4. The number of pyridine rings is 2. The van der Waals surface area contributed by atoms with Gasteiger partial charge in [0.25, 0.3) is 11.1 Å². The number of fused-ring (bicyclic) bond motifs is 8. The van der Waals surface area contributed by atoms with Crippen LogP contribution in [0.25, 0.3) is 64.3 Å². The van der Waals surface area contributed by atoms with Gasteiger partial charge in [0, 0.05) is 10.8 Å². The Kier molecular flexibility index (Phi) is 4.05. The molecule has 2 aromatic carbocycles. The Morgan fingerprint density at radius 3 is 1.32 bits per heavy atom. The van der Waals surface area contributed by atoms with Gasteiger partial charge < -0.3 is 18.9 Å². The maximum atomic E-state index is 14.2. The lowest BCUT2D eigenvalue weighted by atomic mass is 9.93. The minimum absolute atomic E-state index is 0.169. The van der Waals surface area contributed by atoms with Crippen LogP contribution in [-0.2, 0) is 0 Å². The Labute approximate surface area is 219 Å². The van der Waals surface area contributed by atoms with Gasteiger partial charge in [0.2, 0.25) is 0 Å². The van der Waals surface area contributed by atoms with E-state index in [2.05, 4.69) is 0 Å². The summed E-state index contributed by atoms with van der Waals surface area (Å²) >= 11 is 2.82. The third-order valence-electron chi connectivity index (χ3n) is 7.20. The van der Waals surface area contributed by atoms with Crippen LogP contribution in [-0.4, -0.2) is 47.2 Å². The molecular weight excluding hydrogens is 528 g/mol. The third-order valence-corrected chi connectivity index (χ3v) is 8.97. The first-order chi connectivity index (χ1) is 18.5. The summed E-state index contributed by atoms with van der Waals surface area (Å²) in [6.45, 7) is 0. The largest absolute Gasteiger partial charge is 0.492 e. The average Bonchev–Trinajstić information content (AvgIpc) is 3.69. The molecule has 188 valence electrons. The number of thiophene rings is 2. The lowest BCUT2D eigenvalue weighted by Gasteiger charge is -2.21. The lowest BCUT2D eigenvalue weighted by Crippen LogP contribution is -2.19. The molecule has 0 aliphatic heterocycles. The molecule has 38 heavy (non-hydrogen) atoms. The van der Waals surface area contributed by atoms with Crippen molar-refractivity contribution in [2.75, 3.05) is 28.4 Å². The number of aromatic nitrogens is 4. The molecule has 0 spiro atoms. The quantitative estimate of drug-likeness (QED) is 0.298. The van der Waals surface area contributed by atoms with Gasteiger partial charge >= 0.3 is 0 Å². The molecule has 0 saturated heterocycles. The van der Waals surface area contributed by atoms with E-state index in [1.807, 2.05) is 22.9 Å². The van der Waals surface area contributed by atoms with E-state index in [4.69, 9.17) is 28.9 Å². The van der Waals surface area contributed by atoms with E-state index in [9.17, 15) is 9.59 Å². The number of methoxy groups -OCH3 is 4. The summed E-state index contributed by atoms with van der Waals surface area (Å²) in [4.78, 5) is 39.5. The standard InChI is InChI=1S/C26H16N4O6S2/c1-33-17-13-11-12-14(18(17)34-2)22-28-10-6-8-38-26(10)30(22)24(32)16(12)20(36-4)19(35-3)15(11)23(31)29-21(13)27-9-5-7-37-25(9)29/h5-8H,1-4H3. The SMILES string of the molecule is COc1c(OC)c2c(=O)n3c(nc4ccsc43)c3c(OC)c(OC)c4c(c1c(=O)n1c4nc4ccsc41)c23. The van der Waals surface area contributed by atoms with Crippen molar-refractivity contribution in [3.05, 3.63) is 43.6 Å². The van der Waals surface area contributed by atoms with E-state index in [0.29, 0.717) is 65.0 Å². The topological polar surface area (TPSA) is 106 Å². The Hall–Kier alpha value is -4.42. The second-order valence-electron chi connectivity index (χ2n) is 8.76. The Morgan fingerprint density at radius 2 is 0.947 bits per heavy atom. The molecule has 0 unspecified atom stereocenters. The molecular formula is C26H16N4O6S2. The molecule has 12 heteroatoms. The number of hydrogen-bond donors (Lipinski definition) is 0. The number of imidazole rings is 2. The molecule has 6 heterocycles. The molecule has 0 fully saturated rings. The Morgan fingerprint density at radius 1 is 0.579 bits per heavy atom. The Balaban J connectivity index is 1.87. The van der Waals surface area contributed by atoms with Crippen LogP contribution in [0.5, 0.6) is 23.0 Å². The molecule has 6 aromatic heterocycles. The summed E-state index contributed by atoms with van der Waals surface area (Å²) in [6, 6.07) is 3.72. The molecule has 8 aromatic rings. The fraction of sp³-hybridized carbons (Fsp3) is 0.154. The van der Waals surface area contributed by atoms with Crippen molar-refractivity contribution in [2.45, 2.75) is 0 Å². The van der Waals surface area contributed by atoms with Crippen LogP contribution >= 0.6 is 22.7 Å². The highest BCUT2D eigenvalue weighted by Crippen LogP contribution is 2.53. The van der Waals surface area contributed by atoms with E-state index in [-0.39, 0.29) is 33.4 Å². The van der Waals surface area contributed by atoms with Gasteiger partial charge in [-0.3, -0.25) is 9.59 Å². The van der Waals surface area contributed by atoms with Crippen LogP contribution in [0.1, 0.15) is 0 Å². The van der Waals surface area contributed by atoms with E-state index < -0.39 is 0 Å². The van der Waals surface area contributed by atoms with Crippen LogP contribution in [0, 0.1) is 0 Å². The van der Waals surface area contributed by atoms with E-state index >= 15 is 0 Å². The summed E-state index contributed by atoms with van der Waals surface area (Å²) in [5.41, 5.74) is 1.50. The van der Waals surface area contributed by atoms with Crippen LogP contribution in [0.15, 0.2) is 32.5 Å². The lowest BCUT2D eigenvalue weighted by molar-refractivity contribution is 0.360. The van der Waals surface area contributed by atoms with Crippen molar-refractivity contribution in [1.29, 1.82) is 0 Å². The Bertz CT molecular complexity index is 2230. The van der Waals surface area contributed by atoms with Gasteiger partial charge in [-0.1, -0.05) is 0 Å². The summed E-state index contributed by atoms with van der Waals surface area (Å²) < 4.78 is 26.7. The molecule has 0 N–H and O–H groups in total. The van der Waals surface area contributed by atoms with Crippen molar-refractivity contribution in [1.82, 2.24) is 18.8 Å². The smallest absolute Gasteiger partial charge is 0.269 e. The second kappa shape index (κ2) is 7.11. The minimum atomic E-state index is -0.334. The molecule has 8 rings (SSSR count). The third kappa shape index (κ3) is 2.21. The number of benzene rings is 2. The van der Waals surface area contributed by atoms with Gasteiger partial charge in [-0.25, -0.2) is 18.8 Å². The van der Waals surface area contributed by atoms with Gasteiger partial charge in [-0.05, 0) is 22.9 Å². The van der Waals surface area contributed by atoms with E-state index in [1.54, 1.807) is 23.0 Å². The van der Waals surface area contributed by atoms with Crippen LogP contribution in [0.4, 0.5) is 0 Å². The predicted molar refractivity (Wildman–Crippen MR) is 148 cm³/mol. The van der Waals surface area contributed by atoms with E-state index in [1.165, 1.54) is 36.9 Å². The van der Waals surface area contributed by atoms with Gasteiger partial charge in [-0.2, -0.15) is 0 Å². The number of rotatable bonds is 4. The highest BCUT2D eigenvalue weighted by Gasteiger charge is 2.34. The molecule has 0 aliphatic carbocycles. The zero-order chi connectivity index (χ0) is 26.0. The predicted octanol–water partition coefficient (Wildman–Crippen LogP) is 4.50. The van der Waals surface area contributed by atoms with Gasteiger partial charge in [-0.15, -0.1) is 22.7 Å². The van der Waals surface area contributed by atoms with Crippen molar-refractivity contribution < 1.29 is 18.9 Å². The van der Waals surface area contributed by atoms with Crippen molar-refractivity contribution in [2.24, 2.45) is 0 Å². The fourth-order valence-corrected chi connectivity index (χ4v) is 7.49. The zero-order valence-corrected chi connectivity index (χ0v) is 22.0. The molecule has 0 saturated carbocycles. The van der Waals surface area contributed by atoms with E-state index in [0.717, 1.165) is 0 Å². The molecule has 0 amide bonds. The number of ether oxygens (including phenoxy) is 4. The normalized spacial score (nSPS) is 12.4. The molecule has 0 aliphatic rings. The van der Waals surface area contributed by atoms with Crippen LogP contribution < -0.4 is 30.1 Å². The molecule has 0 radical (unpaired) electrons. The van der Waals surface area contributed by atoms with Crippen molar-refractivity contribution >= 4 is 87.0 Å². The molecule has 0 atom stereocenters. The molecule has 0 bridgehead atoms. The maximum Gasteiger partial charge on any atom is 0.269 e. The fourth-order valence-electron chi connectivity index (χ4n) is 5.82. The van der Waals surface area contributed by atoms with Crippen molar-refractivity contribution in [3.63, 3.8) is 0 Å². The highest BCUT2D eigenvalue weighted by atomic mass is 32.1. The average molecular weight is 545 g/mol. The van der Waals surface area contributed by atoms with Gasteiger partial charge in [0.15, 0.2) is 34.3 Å². The highest BCUT2D eigenvalue weighted by molar-refractivity contribution is 7.17. The number of nitrogens with zero attached hydrogens (tertiary/aromatic N) is 4. The second-order valence-corrected chi connectivity index (χ2v) is 10.5. The van der Waals surface area contributed by atoms with Crippen molar-refractivity contribution in [3.8, 4) is 23.0 Å². The number of hydrogen-bond acceptors (Lipinski definition) is 10. The van der Waals surface area contributed by atoms with Crippen LogP contribution in [0.2, 0.25) is 0 Å². The molecule has 10 nitrogen and oxygen atoms in total. The minimum Gasteiger partial charge on any atom is -0.492 e. The van der Waals surface area contributed by atoms with Crippen LogP contribution in [0.3, 0.4) is 0 Å². The monoisotopic (exact) mass is 544 g/mol.